The summed E-state index contributed by atoms with van der Waals surface area (Å²) in [6.45, 7) is 4.20. The lowest BCUT2D eigenvalue weighted by Crippen LogP contribution is -2.18. The normalized spacial score (nSPS) is 18.3. The number of aromatic carboxylic acids is 1. The number of esters is 1. The van der Waals surface area contributed by atoms with E-state index in [1.165, 1.54) is 5.56 Å². The van der Waals surface area contributed by atoms with Crippen LogP contribution in [0, 0.1) is 11.8 Å². The number of hydrogen-bond acceptors (Lipinski definition) is 3. The van der Waals surface area contributed by atoms with Crippen LogP contribution in [-0.2, 0) is 22.4 Å². The number of carbonyl (C=O) groups is 2. The smallest absolute Gasteiger partial charge is 0.335 e. The van der Waals surface area contributed by atoms with E-state index >= 15 is 0 Å². The van der Waals surface area contributed by atoms with Gasteiger partial charge in [0.1, 0.15) is 6.10 Å². The van der Waals surface area contributed by atoms with Crippen molar-refractivity contribution < 1.29 is 19.4 Å². The van der Waals surface area contributed by atoms with E-state index in [-0.39, 0.29) is 23.6 Å². The number of benzene rings is 2. The summed E-state index contributed by atoms with van der Waals surface area (Å²) in [6.07, 6.45) is 2.64. The van der Waals surface area contributed by atoms with E-state index in [1.807, 2.05) is 30.3 Å². The zero-order valence-corrected chi connectivity index (χ0v) is 15.9. The van der Waals surface area contributed by atoms with Crippen molar-refractivity contribution in [2.75, 3.05) is 0 Å². The standard InChI is InChI=1S/C23H26O4/c1-15(2)7-12-21(24)27-22-19(14-18-5-3-4-6-20(18)22)13-16-8-10-17(11-9-16)23(25)26/h3-6,8-11,15,19,22H,7,12-14H2,1-2H3,(H,25,26)/t19-,22-/m1/s1. The average molecular weight is 366 g/mol. The average Bonchev–Trinajstić information content (AvgIpc) is 2.98. The van der Waals surface area contributed by atoms with Crippen LogP contribution in [-0.4, -0.2) is 17.0 Å². The molecule has 0 aliphatic heterocycles. The lowest BCUT2D eigenvalue weighted by molar-refractivity contribution is -0.152. The maximum Gasteiger partial charge on any atom is 0.335 e. The first kappa shape index (κ1) is 19.2. The summed E-state index contributed by atoms with van der Waals surface area (Å²) < 4.78 is 5.90. The van der Waals surface area contributed by atoms with E-state index in [0.717, 1.165) is 30.4 Å². The molecule has 0 radical (unpaired) electrons. The van der Waals surface area contributed by atoms with Crippen LogP contribution in [0.3, 0.4) is 0 Å². The number of hydrogen-bond donors (Lipinski definition) is 1. The molecule has 1 aliphatic rings. The van der Waals surface area contributed by atoms with Crippen LogP contribution < -0.4 is 0 Å². The van der Waals surface area contributed by atoms with Crippen molar-refractivity contribution in [1.82, 2.24) is 0 Å². The third kappa shape index (κ3) is 4.76. The molecule has 4 heteroatoms. The van der Waals surface area contributed by atoms with E-state index in [4.69, 9.17) is 9.84 Å². The van der Waals surface area contributed by atoms with Gasteiger partial charge in [-0.15, -0.1) is 0 Å². The molecule has 1 aliphatic carbocycles. The molecule has 0 saturated carbocycles. The van der Waals surface area contributed by atoms with Gasteiger partial charge in [-0.1, -0.05) is 50.2 Å². The highest BCUT2D eigenvalue weighted by atomic mass is 16.5. The summed E-state index contributed by atoms with van der Waals surface area (Å²) in [6, 6.07) is 15.1. The number of carboxylic acids is 1. The van der Waals surface area contributed by atoms with Crippen molar-refractivity contribution in [3.05, 3.63) is 70.8 Å². The summed E-state index contributed by atoms with van der Waals surface area (Å²) in [7, 11) is 0. The van der Waals surface area contributed by atoms with Gasteiger partial charge in [-0.25, -0.2) is 4.79 Å². The largest absolute Gasteiger partial charge is 0.478 e. The summed E-state index contributed by atoms with van der Waals surface area (Å²) in [5, 5.41) is 9.05. The van der Waals surface area contributed by atoms with Crippen molar-refractivity contribution in [1.29, 1.82) is 0 Å². The Morgan fingerprint density at radius 1 is 1.11 bits per heavy atom. The second kappa shape index (κ2) is 8.38. The molecule has 0 fully saturated rings. The Balaban J connectivity index is 1.74. The van der Waals surface area contributed by atoms with Crippen LogP contribution in [0.4, 0.5) is 0 Å². The molecule has 27 heavy (non-hydrogen) atoms. The number of rotatable bonds is 7. The van der Waals surface area contributed by atoms with Gasteiger partial charge < -0.3 is 9.84 Å². The van der Waals surface area contributed by atoms with Gasteiger partial charge in [0, 0.05) is 12.3 Å². The Hall–Kier alpha value is -2.62. The van der Waals surface area contributed by atoms with Gasteiger partial charge in [-0.05, 0) is 54.0 Å². The van der Waals surface area contributed by atoms with Gasteiger partial charge in [-0.3, -0.25) is 4.79 Å². The molecule has 0 bridgehead atoms. The number of carbonyl (C=O) groups excluding carboxylic acids is 1. The third-order valence-electron chi connectivity index (χ3n) is 5.15. The van der Waals surface area contributed by atoms with E-state index in [0.29, 0.717) is 12.3 Å². The fourth-order valence-corrected chi connectivity index (χ4v) is 3.67. The molecular formula is C23H26O4. The monoisotopic (exact) mass is 366 g/mol. The lowest BCUT2D eigenvalue weighted by atomic mass is 9.94. The highest BCUT2D eigenvalue weighted by Gasteiger charge is 2.35. The highest BCUT2D eigenvalue weighted by Crippen LogP contribution is 2.40. The van der Waals surface area contributed by atoms with Crippen LogP contribution in [0.5, 0.6) is 0 Å². The van der Waals surface area contributed by atoms with Crippen LogP contribution in [0.2, 0.25) is 0 Å². The quantitative estimate of drug-likeness (QED) is 0.714. The van der Waals surface area contributed by atoms with Crippen molar-refractivity contribution >= 4 is 11.9 Å². The second-order valence-electron chi connectivity index (χ2n) is 7.71. The van der Waals surface area contributed by atoms with Gasteiger partial charge in [0.25, 0.3) is 0 Å². The molecule has 0 amide bonds. The Morgan fingerprint density at radius 2 is 1.81 bits per heavy atom. The molecule has 1 N–H and O–H groups in total. The van der Waals surface area contributed by atoms with Crippen molar-refractivity contribution in [2.24, 2.45) is 11.8 Å². The van der Waals surface area contributed by atoms with Gasteiger partial charge in [0.05, 0.1) is 5.56 Å². The van der Waals surface area contributed by atoms with Gasteiger partial charge in [-0.2, -0.15) is 0 Å². The van der Waals surface area contributed by atoms with Crippen LogP contribution >= 0.6 is 0 Å². The third-order valence-corrected chi connectivity index (χ3v) is 5.15. The Morgan fingerprint density at radius 3 is 2.48 bits per heavy atom. The number of fused-ring (bicyclic) bond motifs is 1. The van der Waals surface area contributed by atoms with E-state index in [2.05, 4.69) is 19.9 Å². The van der Waals surface area contributed by atoms with Crippen molar-refractivity contribution in [3.8, 4) is 0 Å². The van der Waals surface area contributed by atoms with Gasteiger partial charge in [0.2, 0.25) is 0 Å². The minimum absolute atomic E-state index is 0.142. The number of carboxylic acid groups (broad SMARTS) is 1. The molecule has 0 heterocycles. The SMILES string of the molecule is CC(C)CCC(=O)O[C@H]1c2ccccc2C[C@H]1Cc1ccc(C(=O)O)cc1. The first-order valence-corrected chi connectivity index (χ1v) is 9.53. The topological polar surface area (TPSA) is 63.6 Å². The van der Waals surface area contributed by atoms with E-state index in [1.54, 1.807) is 12.1 Å². The Bertz CT molecular complexity index is 807. The van der Waals surface area contributed by atoms with Gasteiger partial charge in [0.15, 0.2) is 0 Å². The van der Waals surface area contributed by atoms with Crippen LogP contribution in [0.1, 0.15) is 59.8 Å². The molecule has 4 nitrogen and oxygen atoms in total. The number of ether oxygens (including phenoxy) is 1. The Kier molecular flexibility index (Phi) is 5.94. The summed E-state index contributed by atoms with van der Waals surface area (Å²) in [5.74, 6) is -0.429. The molecule has 2 aromatic rings. The molecule has 2 atom stereocenters. The summed E-state index contributed by atoms with van der Waals surface area (Å²) in [5.41, 5.74) is 3.67. The molecule has 0 saturated heterocycles. The summed E-state index contributed by atoms with van der Waals surface area (Å²) >= 11 is 0. The molecule has 2 aromatic carbocycles. The molecule has 3 rings (SSSR count). The maximum absolute atomic E-state index is 12.3. The fourth-order valence-electron chi connectivity index (χ4n) is 3.67. The van der Waals surface area contributed by atoms with Crippen molar-refractivity contribution in [3.63, 3.8) is 0 Å². The molecule has 0 spiro atoms. The fraction of sp³-hybridized carbons (Fsp3) is 0.391. The van der Waals surface area contributed by atoms with Crippen molar-refractivity contribution in [2.45, 2.75) is 45.6 Å². The Labute approximate surface area is 160 Å². The molecular weight excluding hydrogens is 340 g/mol. The van der Waals surface area contributed by atoms with Crippen LogP contribution in [0.15, 0.2) is 48.5 Å². The lowest BCUT2D eigenvalue weighted by Gasteiger charge is -2.21. The first-order chi connectivity index (χ1) is 12.9. The molecule has 0 unspecified atom stereocenters. The zero-order chi connectivity index (χ0) is 19.4. The first-order valence-electron chi connectivity index (χ1n) is 9.53. The minimum Gasteiger partial charge on any atom is -0.478 e. The predicted molar refractivity (Wildman–Crippen MR) is 104 cm³/mol. The minimum atomic E-state index is -0.924. The molecule has 0 aromatic heterocycles. The van der Waals surface area contributed by atoms with E-state index in [9.17, 15) is 9.59 Å². The second-order valence-corrected chi connectivity index (χ2v) is 7.71. The maximum atomic E-state index is 12.3. The summed E-state index contributed by atoms with van der Waals surface area (Å²) in [4.78, 5) is 23.4. The van der Waals surface area contributed by atoms with Gasteiger partial charge >= 0.3 is 11.9 Å². The highest BCUT2D eigenvalue weighted by molar-refractivity contribution is 5.87. The zero-order valence-electron chi connectivity index (χ0n) is 15.9. The van der Waals surface area contributed by atoms with E-state index < -0.39 is 5.97 Å². The molecule has 142 valence electrons. The predicted octanol–water partition coefficient (Wildman–Crippen LogP) is 4.82. The van der Waals surface area contributed by atoms with Crippen LogP contribution in [0.25, 0.3) is 0 Å².